The highest BCUT2D eigenvalue weighted by atomic mass is 79.9. The lowest BCUT2D eigenvalue weighted by Gasteiger charge is -2.15. The van der Waals surface area contributed by atoms with E-state index in [0.29, 0.717) is 4.83 Å². The molecule has 84 valence electrons. The van der Waals surface area contributed by atoms with Crippen LogP contribution in [-0.4, -0.2) is 0 Å². The van der Waals surface area contributed by atoms with Crippen molar-refractivity contribution in [2.75, 3.05) is 0 Å². The minimum atomic E-state index is 0.423. The topological polar surface area (TPSA) is 0 Å². The van der Waals surface area contributed by atoms with Crippen molar-refractivity contribution >= 4 is 27.3 Å². The average Bonchev–Trinajstić information content (AvgIpc) is 2.70. The smallest absolute Gasteiger partial charge is 0.0448 e. The number of rotatable bonds is 3. The second-order valence-corrected chi connectivity index (χ2v) is 6.19. The van der Waals surface area contributed by atoms with Crippen LogP contribution >= 0.6 is 27.3 Å². The fraction of sp³-hybridized carbons (Fsp3) is 0.286. The van der Waals surface area contributed by atoms with Gasteiger partial charge in [0.05, 0.1) is 0 Å². The molecule has 0 radical (unpaired) electrons. The Bertz CT molecular complexity index is 439. The zero-order valence-electron chi connectivity index (χ0n) is 9.53. The van der Waals surface area contributed by atoms with Crippen molar-refractivity contribution in [1.29, 1.82) is 0 Å². The van der Waals surface area contributed by atoms with Crippen molar-refractivity contribution in [2.24, 2.45) is 0 Å². The number of hydrogen-bond donors (Lipinski definition) is 0. The van der Waals surface area contributed by atoms with E-state index < -0.39 is 0 Å². The molecule has 1 aromatic heterocycles. The van der Waals surface area contributed by atoms with Crippen LogP contribution in [0.4, 0.5) is 0 Å². The summed E-state index contributed by atoms with van der Waals surface area (Å²) in [5, 5.41) is 2.14. The first kappa shape index (κ1) is 11.9. The van der Waals surface area contributed by atoms with Gasteiger partial charge in [0.15, 0.2) is 0 Å². The third-order valence-corrected chi connectivity index (χ3v) is 4.50. The van der Waals surface area contributed by atoms with Gasteiger partial charge in [0.25, 0.3) is 0 Å². The summed E-state index contributed by atoms with van der Waals surface area (Å²) in [5.74, 6) is 0. The molecule has 0 aliphatic heterocycles. The third-order valence-electron chi connectivity index (χ3n) is 2.82. The largest absolute Gasteiger partial charge is 0.149 e. The summed E-state index contributed by atoms with van der Waals surface area (Å²) in [7, 11) is 0. The first-order valence-corrected chi connectivity index (χ1v) is 7.20. The Morgan fingerprint density at radius 3 is 2.38 bits per heavy atom. The van der Waals surface area contributed by atoms with Crippen molar-refractivity contribution < 1.29 is 0 Å². The predicted octanol–water partition coefficient (Wildman–Crippen LogP) is 5.04. The molecule has 2 rings (SSSR count). The molecule has 0 saturated heterocycles. The number of hydrogen-bond acceptors (Lipinski definition) is 1. The minimum absolute atomic E-state index is 0.423. The van der Waals surface area contributed by atoms with E-state index in [-0.39, 0.29) is 0 Å². The first-order chi connectivity index (χ1) is 7.68. The summed E-state index contributed by atoms with van der Waals surface area (Å²) in [6, 6.07) is 10.8. The molecule has 1 atom stereocenters. The van der Waals surface area contributed by atoms with Crippen LogP contribution in [0.1, 0.15) is 26.4 Å². The third kappa shape index (κ3) is 2.55. The summed E-state index contributed by atoms with van der Waals surface area (Å²) in [6.07, 6.45) is 1.07. The molecular formula is C14H15BrS. The predicted molar refractivity (Wildman–Crippen MR) is 75.6 cm³/mol. The summed E-state index contributed by atoms with van der Waals surface area (Å²) in [6.45, 7) is 4.37. The van der Waals surface area contributed by atoms with Crippen LogP contribution in [0.25, 0.3) is 0 Å². The maximum absolute atomic E-state index is 3.82. The van der Waals surface area contributed by atoms with E-state index in [1.807, 2.05) is 11.3 Å². The fourth-order valence-corrected chi connectivity index (χ4v) is 4.07. The Balaban J connectivity index is 2.24. The Kier molecular flexibility index (Phi) is 3.82. The first-order valence-electron chi connectivity index (χ1n) is 5.41. The molecule has 1 unspecified atom stereocenters. The molecule has 0 bridgehead atoms. The second-order valence-electron chi connectivity index (χ2n) is 4.06. The van der Waals surface area contributed by atoms with Crippen LogP contribution < -0.4 is 0 Å². The van der Waals surface area contributed by atoms with Gasteiger partial charge in [-0.25, -0.2) is 0 Å². The summed E-state index contributed by atoms with van der Waals surface area (Å²) in [5.41, 5.74) is 4.19. The van der Waals surface area contributed by atoms with Gasteiger partial charge in [0.1, 0.15) is 0 Å². The normalized spacial score (nSPS) is 12.7. The van der Waals surface area contributed by atoms with Gasteiger partial charge in [-0.1, -0.05) is 40.2 Å². The van der Waals surface area contributed by atoms with Gasteiger partial charge in [-0.2, -0.15) is 0 Å². The summed E-state index contributed by atoms with van der Waals surface area (Å²) >= 11 is 5.64. The van der Waals surface area contributed by atoms with Gasteiger partial charge in [0.2, 0.25) is 0 Å². The highest BCUT2D eigenvalue weighted by molar-refractivity contribution is 9.09. The molecule has 16 heavy (non-hydrogen) atoms. The van der Waals surface area contributed by atoms with Crippen molar-refractivity contribution in [3.05, 3.63) is 57.3 Å². The molecule has 0 saturated carbocycles. The van der Waals surface area contributed by atoms with Gasteiger partial charge < -0.3 is 0 Å². The van der Waals surface area contributed by atoms with Crippen LogP contribution in [0.2, 0.25) is 0 Å². The zero-order valence-corrected chi connectivity index (χ0v) is 11.9. The lowest BCUT2D eigenvalue weighted by Crippen LogP contribution is -1.99. The van der Waals surface area contributed by atoms with E-state index in [4.69, 9.17) is 0 Å². The van der Waals surface area contributed by atoms with E-state index in [1.165, 1.54) is 21.6 Å². The van der Waals surface area contributed by atoms with Gasteiger partial charge in [0, 0.05) is 9.70 Å². The fourth-order valence-electron chi connectivity index (χ4n) is 2.03. The molecule has 0 nitrogen and oxygen atoms in total. The molecule has 0 amide bonds. The van der Waals surface area contributed by atoms with E-state index in [9.17, 15) is 0 Å². The maximum Gasteiger partial charge on any atom is 0.0448 e. The lowest BCUT2D eigenvalue weighted by atomic mass is 9.98. The van der Waals surface area contributed by atoms with E-state index in [0.717, 1.165) is 6.42 Å². The Morgan fingerprint density at radius 2 is 1.81 bits per heavy atom. The van der Waals surface area contributed by atoms with Crippen molar-refractivity contribution in [2.45, 2.75) is 25.1 Å². The molecule has 0 aliphatic carbocycles. The lowest BCUT2D eigenvalue weighted by molar-refractivity contribution is 0.944. The molecule has 2 heteroatoms. The van der Waals surface area contributed by atoms with Gasteiger partial charge >= 0.3 is 0 Å². The summed E-state index contributed by atoms with van der Waals surface area (Å²) in [4.78, 5) is 1.86. The quantitative estimate of drug-likeness (QED) is 0.696. The van der Waals surface area contributed by atoms with Gasteiger partial charge in [-0.15, -0.1) is 11.3 Å². The molecular weight excluding hydrogens is 280 g/mol. The van der Waals surface area contributed by atoms with E-state index in [1.54, 1.807) is 0 Å². The Labute approximate surface area is 109 Å². The Morgan fingerprint density at radius 1 is 1.12 bits per heavy atom. The monoisotopic (exact) mass is 294 g/mol. The molecule has 0 aliphatic rings. The summed E-state index contributed by atoms with van der Waals surface area (Å²) < 4.78 is 0. The second kappa shape index (κ2) is 5.15. The minimum Gasteiger partial charge on any atom is -0.149 e. The van der Waals surface area contributed by atoms with Crippen LogP contribution in [0.3, 0.4) is 0 Å². The number of thiophene rings is 1. The maximum atomic E-state index is 3.82. The van der Waals surface area contributed by atoms with Crippen molar-refractivity contribution in [1.82, 2.24) is 0 Å². The van der Waals surface area contributed by atoms with Crippen LogP contribution in [0, 0.1) is 13.8 Å². The highest BCUT2D eigenvalue weighted by Gasteiger charge is 2.13. The van der Waals surface area contributed by atoms with Crippen molar-refractivity contribution in [3.63, 3.8) is 0 Å². The van der Waals surface area contributed by atoms with E-state index >= 15 is 0 Å². The van der Waals surface area contributed by atoms with Crippen LogP contribution in [0.15, 0.2) is 35.7 Å². The van der Waals surface area contributed by atoms with Crippen LogP contribution in [0.5, 0.6) is 0 Å². The molecule has 2 aromatic rings. The highest BCUT2D eigenvalue weighted by Crippen LogP contribution is 2.32. The van der Waals surface area contributed by atoms with Gasteiger partial charge in [-0.3, -0.25) is 0 Å². The molecule has 1 aromatic carbocycles. The number of halogens is 1. The van der Waals surface area contributed by atoms with E-state index in [2.05, 4.69) is 65.5 Å². The molecule has 0 spiro atoms. The van der Waals surface area contributed by atoms with Gasteiger partial charge in [-0.05, 0) is 48.4 Å². The standard InChI is InChI=1S/C14H15BrS/c1-10-5-3-6-11(2)14(10)13(15)9-12-7-4-8-16-12/h3-8,13H,9H2,1-2H3. The number of aryl methyl sites for hydroxylation is 2. The number of benzene rings is 1. The number of alkyl halides is 1. The molecule has 1 heterocycles. The molecule has 0 N–H and O–H groups in total. The zero-order chi connectivity index (χ0) is 11.5. The SMILES string of the molecule is Cc1cccc(C)c1C(Br)Cc1cccs1. The molecule has 0 fully saturated rings. The van der Waals surface area contributed by atoms with Crippen LogP contribution in [-0.2, 0) is 6.42 Å². The van der Waals surface area contributed by atoms with Crippen molar-refractivity contribution in [3.8, 4) is 0 Å². The Hall–Kier alpha value is -0.600. The average molecular weight is 295 g/mol.